The van der Waals surface area contributed by atoms with Crippen molar-refractivity contribution >= 4 is 5.91 Å². The van der Waals surface area contributed by atoms with Gasteiger partial charge in [0.25, 0.3) is 0 Å². The molecular formula is C14H25N5O. The zero-order chi connectivity index (χ0) is 14.7. The molecule has 1 aromatic heterocycles. The molecular weight excluding hydrogens is 254 g/mol. The van der Waals surface area contributed by atoms with Crippen molar-refractivity contribution in [2.24, 2.45) is 7.05 Å². The fourth-order valence-electron chi connectivity index (χ4n) is 2.74. The number of aromatic nitrogens is 2. The van der Waals surface area contributed by atoms with E-state index >= 15 is 0 Å². The van der Waals surface area contributed by atoms with Gasteiger partial charge >= 0.3 is 0 Å². The van der Waals surface area contributed by atoms with Crippen LogP contribution >= 0.6 is 0 Å². The zero-order valence-corrected chi connectivity index (χ0v) is 12.8. The highest BCUT2D eigenvalue weighted by atomic mass is 16.2. The highest BCUT2D eigenvalue weighted by Gasteiger charge is 2.27. The molecule has 0 spiro atoms. The van der Waals surface area contributed by atoms with Gasteiger partial charge in [-0.2, -0.15) is 5.10 Å². The molecule has 0 bridgehead atoms. The van der Waals surface area contributed by atoms with Crippen LogP contribution in [0.4, 0.5) is 0 Å². The third-order valence-electron chi connectivity index (χ3n) is 4.16. The lowest BCUT2D eigenvalue weighted by atomic mass is 9.98. The quantitative estimate of drug-likeness (QED) is 0.831. The van der Waals surface area contributed by atoms with Crippen molar-refractivity contribution in [2.45, 2.75) is 37.9 Å². The van der Waals surface area contributed by atoms with Gasteiger partial charge in [0.2, 0.25) is 5.91 Å². The van der Waals surface area contributed by atoms with Gasteiger partial charge < -0.3 is 15.5 Å². The van der Waals surface area contributed by atoms with E-state index in [-0.39, 0.29) is 18.0 Å². The first-order valence-corrected chi connectivity index (χ1v) is 7.17. The fourth-order valence-corrected chi connectivity index (χ4v) is 2.74. The fraction of sp³-hybridized carbons (Fsp3) is 0.714. The summed E-state index contributed by atoms with van der Waals surface area (Å²) in [7, 11) is 5.79. The lowest BCUT2D eigenvalue weighted by Crippen LogP contribution is -2.49. The number of likely N-dealkylation sites (tertiary alicyclic amines) is 1. The summed E-state index contributed by atoms with van der Waals surface area (Å²) in [6.45, 7) is 3.23. The third kappa shape index (κ3) is 3.37. The molecule has 0 radical (unpaired) electrons. The Balaban J connectivity index is 1.96. The Kier molecular flexibility index (Phi) is 4.77. The van der Waals surface area contributed by atoms with Crippen molar-refractivity contribution in [1.29, 1.82) is 0 Å². The van der Waals surface area contributed by atoms with Gasteiger partial charge in [0.05, 0.1) is 6.20 Å². The second-order valence-corrected chi connectivity index (χ2v) is 5.73. The average Bonchev–Trinajstić information content (AvgIpc) is 2.81. The summed E-state index contributed by atoms with van der Waals surface area (Å²) in [5.41, 5.74) is 0.897. The van der Waals surface area contributed by atoms with Gasteiger partial charge in [0.15, 0.2) is 0 Å². The largest absolute Gasteiger partial charge is 0.352 e. The molecule has 1 saturated heterocycles. The first kappa shape index (κ1) is 15.0. The lowest BCUT2D eigenvalue weighted by Gasteiger charge is -2.35. The van der Waals surface area contributed by atoms with Gasteiger partial charge in [-0.05, 0) is 33.9 Å². The second-order valence-electron chi connectivity index (χ2n) is 5.73. The molecule has 0 aliphatic carbocycles. The van der Waals surface area contributed by atoms with Crippen molar-refractivity contribution in [3.8, 4) is 0 Å². The number of nitrogens with one attached hydrogen (secondary N) is 2. The maximum atomic E-state index is 12.4. The minimum absolute atomic E-state index is 0.0299. The summed E-state index contributed by atoms with van der Waals surface area (Å²) in [5.74, 6) is 0.0299. The van der Waals surface area contributed by atoms with E-state index in [1.165, 1.54) is 0 Å². The molecule has 3 unspecified atom stereocenters. The van der Waals surface area contributed by atoms with Gasteiger partial charge in [-0.3, -0.25) is 9.48 Å². The summed E-state index contributed by atoms with van der Waals surface area (Å²) < 4.78 is 1.71. The smallest absolute Gasteiger partial charge is 0.242 e. The van der Waals surface area contributed by atoms with Gasteiger partial charge in [-0.1, -0.05) is 0 Å². The van der Waals surface area contributed by atoms with Crippen LogP contribution in [0.1, 0.15) is 31.4 Å². The molecule has 3 atom stereocenters. The van der Waals surface area contributed by atoms with Crippen molar-refractivity contribution in [3.05, 3.63) is 18.0 Å². The van der Waals surface area contributed by atoms with E-state index in [9.17, 15) is 4.79 Å². The molecule has 1 aliphatic rings. The second kappa shape index (κ2) is 6.37. The Morgan fingerprint density at radius 3 is 2.80 bits per heavy atom. The standard InChI is InChI=1S/C14H25N5O/c1-10-7-12(5-6-18(10)3)17-14(20)13(15-2)11-8-16-19(4)9-11/h8-10,12-13,15H,5-7H2,1-4H3,(H,17,20). The van der Waals surface area contributed by atoms with Crippen LogP contribution < -0.4 is 10.6 Å². The minimum Gasteiger partial charge on any atom is -0.352 e. The molecule has 2 heterocycles. The molecule has 6 nitrogen and oxygen atoms in total. The number of rotatable bonds is 4. The molecule has 2 rings (SSSR count). The number of carbonyl (C=O) groups excluding carboxylic acids is 1. The molecule has 0 aromatic carbocycles. The zero-order valence-electron chi connectivity index (χ0n) is 12.8. The Morgan fingerprint density at radius 2 is 2.25 bits per heavy atom. The molecule has 1 fully saturated rings. The van der Waals surface area contributed by atoms with Crippen LogP contribution in [0.3, 0.4) is 0 Å². The number of hydrogen-bond donors (Lipinski definition) is 2. The minimum atomic E-state index is -0.335. The van der Waals surface area contributed by atoms with E-state index < -0.39 is 0 Å². The van der Waals surface area contributed by atoms with Gasteiger partial charge in [0, 0.05) is 37.4 Å². The molecule has 20 heavy (non-hydrogen) atoms. The molecule has 2 N–H and O–H groups in total. The Hall–Kier alpha value is -1.40. The number of likely N-dealkylation sites (N-methyl/N-ethyl adjacent to an activating group) is 1. The van der Waals surface area contributed by atoms with E-state index in [4.69, 9.17) is 0 Å². The van der Waals surface area contributed by atoms with Crippen LogP contribution in [0, 0.1) is 0 Å². The van der Waals surface area contributed by atoms with Crippen molar-refractivity contribution in [2.75, 3.05) is 20.6 Å². The Bertz CT molecular complexity index is 458. The molecule has 1 aromatic rings. The van der Waals surface area contributed by atoms with Crippen LogP contribution in [0.2, 0.25) is 0 Å². The highest BCUT2D eigenvalue weighted by Crippen LogP contribution is 2.17. The number of piperidine rings is 1. The van der Waals surface area contributed by atoms with Crippen LogP contribution in [0.25, 0.3) is 0 Å². The summed E-state index contributed by atoms with van der Waals surface area (Å²) in [5, 5.41) is 10.4. The molecule has 1 aliphatic heterocycles. The SMILES string of the molecule is CNC(C(=O)NC1CCN(C)C(C)C1)c1cnn(C)c1. The third-order valence-corrected chi connectivity index (χ3v) is 4.16. The summed E-state index contributed by atoms with van der Waals surface area (Å²) in [6, 6.07) is 0.445. The van der Waals surface area contributed by atoms with E-state index in [0.29, 0.717) is 6.04 Å². The van der Waals surface area contributed by atoms with Crippen LogP contribution in [-0.2, 0) is 11.8 Å². The van der Waals surface area contributed by atoms with Crippen LogP contribution in [-0.4, -0.2) is 53.3 Å². The van der Waals surface area contributed by atoms with Gasteiger partial charge in [-0.25, -0.2) is 0 Å². The van der Waals surface area contributed by atoms with Crippen molar-refractivity contribution < 1.29 is 4.79 Å². The van der Waals surface area contributed by atoms with E-state index in [0.717, 1.165) is 24.9 Å². The topological polar surface area (TPSA) is 62.2 Å². The van der Waals surface area contributed by atoms with E-state index in [1.807, 2.05) is 13.2 Å². The summed E-state index contributed by atoms with van der Waals surface area (Å²) in [6.07, 6.45) is 5.62. The normalized spacial score (nSPS) is 25.4. The van der Waals surface area contributed by atoms with Crippen molar-refractivity contribution in [3.63, 3.8) is 0 Å². The van der Waals surface area contributed by atoms with Gasteiger partial charge in [-0.15, -0.1) is 0 Å². The maximum absolute atomic E-state index is 12.4. The summed E-state index contributed by atoms with van der Waals surface area (Å²) in [4.78, 5) is 14.7. The van der Waals surface area contributed by atoms with Crippen LogP contribution in [0.15, 0.2) is 12.4 Å². The van der Waals surface area contributed by atoms with E-state index in [1.54, 1.807) is 17.9 Å². The Morgan fingerprint density at radius 1 is 1.50 bits per heavy atom. The number of hydrogen-bond acceptors (Lipinski definition) is 4. The lowest BCUT2D eigenvalue weighted by molar-refractivity contribution is -0.124. The first-order chi connectivity index (χ1) is 9.51. The maximum Gasteiger partial charge on any atom is 0.242 e. The summed E-state index contributed by atoms with van der Waals surface area (Å²) >= 11 is 0. The molecule has 0 saturated carbocycles. The predicted molar refractivity (Wildman–Crippen MR) is 78.3 cm³/mol. The van der Waals surface area contributed by atoms with E-state index in [2.05, 4.69) is 34.6 Å². The first-order valence-electron chi connectivity index (χ1n) is 7.17. The van der Waals surface area contributed by atoms with Gasteiger partial charge in [0.1, 0.15) is 6.04 Å². The predicted octanol–water partition coefficient (Wildman–Crippen LogP) is 0.280. The average molecular weight is 279 g/mol. The molecule has 1 amide bonds. The molecule has 6 heteroatoms. The number of nitrogens with zero attached hydrogens (tertiary/aromatic N) is 3. The number of carbonyl (C=O) groups is 1. The number of aryl methyl sites for hydroxylation is 1. The molecule has 112 valence electrons. The van der Waals surface area contributed by atoms with Crippen LogP contribution in [0.5, 0.6) is 0 Å². The number of amides is 1. The Labute approximate surface area is 120 Å². The van der Waals surface area contributed by atoms with Crippen molar-refractivity contribution in [1.82, 2.24) is 25.3 Å². The monoisotopic (exact) mass is 279 g/mol. The highest BCUT2D eigenvalue weighted by molar-refractivity contribution is 5.83.